The number of rotatable bonds is 10. The molecule has 0 unspecified atom stereocenters. The molecule has 3 aromatic heterocycles. The summed E-state index contributed by atoms with van der Waals surface area (Å²) in [6.45, 7) is 9.14. The highest BCUT2D eigenvalue weighted by atomic mass is 19.3. The van der Waals surface area contributed by atoms with Crippen LogP contribution in [0.4, 0.5) is 8.78 Å². The van der Waals surface area contributed by atoms with Crippen molar-refractivity contribution in [2.24, 2.45) is 5.41 Å². The van der Waals surface area contributed by atoms with Crippen LogP contribution >= 0.6 is 0 Å². The molecular weight excluding hydrogens is 668 g/mol. The van der Waals surface area contributed by atoms with Gasteiger partial charge in [-0.1, -0.05) is 38.1 Å². The number of benzene rings is 3. The van der Waals surface area contributed by atoms with Gasteiger partial charge in [0.15, 0.2) is 5.58 Å². The fraction of sp³-hybridized carbons (Fsp3) is 0.350. The number of hydrogen-bond donors (Lipinski definition) is 1. The third-order valence-electron chi connectivity index (χ3n) is 10.2. The number of carboxylic acid groups (broad SMARTS) is 1. The first-order chi connectivity index (χ1) is 24.9. The largest absolute Gasteiger partial charge is 0.480 e. The van der Waals surface area contributed by atoms with Crippen LogP contribution in [0, 0.1) is 19.3 Å². The molecule has 1 atom stereocenters. The summed E-state index contributed by atoms with van der Waals surface area (Å²) >= 11 is 0. The smallest absolute Gasteiger partial charge is 0.387 e. The normalized spacial score (nSPS) is 17.7. The second-order valence-electron chi connectivity index (χ2n) is 14.7. The Morgan fingerprint density at radius 2 is 1.60 bits per heavy atom. The highest BCUT2D eigenvalue weighted by molar-refractivity contribution is 5.85. The van der Waals surface area contributed by atoms with E-state index in [1.54, 1.807) is 11.0 Å². The van der Waals surface area contributed by atoms with E-state index < -0.39 is 18.6 Å². The Hall–Kier alpha value is -5.20. The fourth-order valence-corrected chi connectivity index (χ4v) is 7.88. The maximum absolute atomic E-state index is 13.5. The van der Waals surface area contributed by atoms with Gasteiger partial charge in [-0.3, -0.25) is 14.6 Å². The third-order valence-corrected chi connectivity index (χ3v) is 10.2. The van der Waals surface area contributed by atoms with Crippen LogP contribution in [0.3, 0.4) is 0 Å². The van der Waals surface area contributed by atoms with Gasteiger partial charge in [0.25, 0.3) is 0 Å². The quantitative estimate of drug-likeness (QED) is 0.149. The van der Waals surface area contributed by atoms with Crippen molar-refractivity contribution in [2.45, 2.75) is 66.3 Å². The van der Waals surface area contributed by atoms with Gasteiger partial charge >= 0.3 is 12.6 Å². The van der Waals surface area contributed by atoms with Gasteiger partial charge in [0.05, 0.1) is 0 Å². The van der Waals surface area contributed by atoms with Crippen molar-refractivity contribution in [1.82, 2.24) is 24.8 Å². The zero-order valence-electron chi connectivity index (χ0n) is 29.5. The maximum atomic E-state index is 13.5. The van der Waals surface area contributed by atoms with E-state index in [1.807, 2.05) is 56.4 Å². The molecule has 0 bridgehead atoms. The SMILES string of the molecule is Cc1c(-c2nc3cc(CN4CCC[C@@H]4C(=O)O)c(OC(F)F)cc3o2)cccc1-c1cccc(-c2nc3cc(CN4CC(C)(C)C4)cnc3o2)c1C. The van der Waals surface area contributed by atoms with Crippen LogP contribution in [-0.4, -0.2) is 68.1 Å². The monoisotopic (exact) mass is 707 g/mol. The number of oxazole rings is 2. The Bertz CT molecular complexity index is 2320. The van der Waals surface area contributed by atoms with Crippen molar-refractivity contribution in [3.05, 3.63) is 83.0 Å². The summed E-state index contributed by atoms with van der Waals surface area (Å²) in [6.07, 6.45) is 3.07. The van der Waals surface area contributed by atoms with Crippen molar-refractivity contribution in [3.63, 3.8) is 0 Å². The van der Waals surface area contributed by atoms with Crippen molar-refractivity contribution in [3.8, 4) is 39.8 Å². The molecule has 0 amide bonds. The molecule has 2 aliphatic heterocycles. The Labute approximate surface area is 299 Å². The molecule has 0 radical (unpaired) electrons. The van der Waals surface area contributed by atoms with Crippen molar-refractivity contribution in [2.75, 3.05) is 19.6 Å². The molecule has 1 N–H and O–H groups in total. The molecule has 0 spiro atoms. The molecule has 2 aliphatic rings. The Kier molecular flexibility index (Phi) is 8.54. The lowest BCUT2D eigenvalue weighted by Gasteiger charge is -2.45. The molecule has 8 rings (SSSR count). The number of carboxylic acids is 1. The lowest BCUT2D eigenvalue weighted by molar-refractivity contribution is -0.142. The van der Waals surface area contributed by atoms with Crippen LogP contribution < -0.4 is 4.74 Å². The standard InChI is InChI=1S/C40H39F2N5O5/c1-22-26(27-9-6-11-29(23(27)2)36-45-31-14-24(17-43-37(31)52-36)18-46-20-40(3,4)21-46)8-5-10-28(22)35-44-30-15-25(19-47-13-7-12-32(47)38(48)49)33(51-39(41)42)16-34(30)50-35/h5-6,8-11,14-17,32,39H,7,12-13,18-21H2,1-4H3,(H,48,49)/t32-/m1/s1. The minimum absolute atomic E-state index is 0.0649. The molecular formula is C40H39F2N5O5. The van der Waals surface area contributed by atoms with Crippen LogP contribution in [0.15, 0.2) is 69.6 Å². The zero-order chi connectivity index (χ0) is 36.3. The lowest BCUT2D eigenvalue weighted by atomic mass is 9.84. The van der Waals surface area contributed by atoms with Crippen molar-refractivity contribution in [1.29, 1.82) is 0 Å². The molecule has 6 aromatic rings. The van der Waals surface area contributed by atoms with Gasteiger partial charge in [0.1, 0.15) is 22.8 Å². The average molecular weight is 708 g/mol. The predicted octanol–water partition coefficient (Wildman–Crippen LogP) is 8.47. The molecule has 2 saturated heterocycles. The first-order valence-corrected chi connectivity index (χ1v) is 17.5. The maximum Gasteiger partial charge on any atom is 0.387 e. The van der Waals surface area contributed by atoms with Crippen LogP contribution in [0.5, 0.6) is 5.75 Å². The number of halogens is 2. The number of hydrogen-bond acceptors (Lipinski definition) is 9. The third kappa shape index (κ3) is 6.41. The number of likely N-dealkylation sites (tertiary alicyclic amines) is 2. The molecule has 0 saturated carbocycles. The minimum atomic E-state index is -3.06. The van der Waals surface area contributed by atoms with E-state index in [2.05, 4.69) is 29.8 Å². The van der Waals surface area contributed by atoms with Gasteiger partial charge in [-0.25, -0.2) is 15.0 Å². The number of ether oxygens (including phenoxy) is 1. The van der Waals surface area contributed by atoms with E-state index in [9.17, 15) is 18.7 Å². The topological polar surface area (TPSA) is 118 Å². The number of aromatic nitrogens is 3. The van der Waals surface area contributed by atoms with E-state index in [4.69, 9.17) is 23.5 Å². The lowest BCUT2D eigenvalue weighted by Crippen LogP contribution is -2.52. The zero-order valence-corrected chi connectivity index (χ0v) is 29.5. The van der Waals surface area contributed by atoms with E-state index in [0.717, 1.165) is 64.1 Å². The molecule has 52 heavy (non-hydrogen) atoms. The summed E-state index contributed by atoms with van der Waals surface area (Å²) in [4.78, 5) is 30.1. The Balaban J connectivity index is 1.10. The summed E-state index contributed by atoms with van der Waals surface area (Å²) in [7, 11) is 0. The molecule has 5 heterocycles. The van der Waals surface area contributed by atoms with Crippen LogP contribution in [0.25, 0.3) is 56.4 Å². The van der Waals surface area contributed by atoms with Gasteiger partial charge in [0, 0.05) is 55.1 Å². The molecule has 3 aromatic carbocycles. The second-order valence-corrected chi connectivity index (χ2v) is 14.7. The van der Waals surface area contributed by atoms with Crippen LogP contribution in [0.1, 0.15) is 48.9 Å². The summed E-state index contributed by atoms with van der Waals surface area (Å²) in [6, 6.07) is 16.3. The van der Waals surface area contributed by atoms with Gasteiger partial charge in [-0.05, 0) is 90.7 Å². The summed E-state index contributed by atoms with van der Waals surface area (Å²) < 4.78 is 44.2. The van der Waals surface area contributed by atoms with E-state index in [-0.39, 0.29) is 17.9 Å². The second kappa shape index (κ2) is 13.1. The number of nitrogens with zero attached hydrogens (tertiary/aromatic N) is 5. The minimum Gasteiger partial charge on any atom is -0.480 e. The molecule has 0 aliphatic carbocycles. The van der Waals surface area contributed by atoms with E-state index >= 15 is 0 Å². The molecule has 268 valence electrons. The summed E-state index contributed by atoms with van der Waals surface area (Å²) in [5, 5.41) is 9.65. The van der Waals surface area contributed by atoms with E-state index in [0.29, 0.717) is 53.4 Å². The number of alkyl halides is 2. The van der Waals surface area contributed by atoms with Gasteiger partial charge in [-0.15, -0.1) is 0 Å². The predicted molar refractivity (Wildman–Crippen MR) is 192 cm³/mol. The average Bonchev–Trinajstić information content (AvgIpc) is 3.82. The van der Waals surface area contributed by atoms with Crippen molar-refractivity contribution < 1.29 is 32.3 Å². The highest BCUT2D eigenvalue weighted by Gasteiger charge is 2.34. The first-order valence-electron chi connectivity index (χ1n) is 17.5. The van der Waals surface area contributed by atoms with Gasteiger partial charge < -0.3 is 18.7 Å². The van der Waals surface area contributed by atoms with Crippen LogP contribution in [-0.2, 0) is 17.9 Å². The van der Waals surface area contributed by atoms with E-state index in [1.165, 1.54) is 6.07 Å². The molecule has 12 heteroatoms. The molecule has 2 fully saturated rings. The number of aliphatic carboxylic acids is 1. The highest BCUT2D eigenvalue weighted by Crippen LogP contribution is 2.39. The summed E-state index contributed by atoms with van der Waals surface area (Å²) in [5.41, 5.74) is 9.28. The van der Waals surface area contributed by atoms with Crippen molar-refractivity contribution >= 4 is 28.3 Å². The van der Waals surface area contributed by atoms with Gasteiger partial charge in [0.2, 0.25) is 17.5 Å². The Morgan fingerprint density at radius 1 is 0.942 bits per heavy atom. The molecule has 10 nitrogen and oxygen atoms in total. The van der Waals surface area contributed by atoms with Gasteiger partial charge in [-0.2, -0.15) is 8.78 Å². The number of carbonyl (C=O) groups is 1. The van der Waals surface area contributed by atoms with Crippen LogP contribution in [0.2, 0.25) is 0 Å². The number of fused-ring (bicyclic) bond motifs is 2. The Morgan fingerprint density at radius 3 is 2.25 bits per heavy atom. The number of pyridine rings is 1. The first kappa shape index (κ1) is 33.9. The summed E-state index contributed by atoms with van der Waals surface area (Å²) in [5.74, 6) is -0.171. The fourth-order valence-electron chi connectivity index (χ4n) is 7.88.